The Morgan fingerprint density at radius 1 is 1.07 bits per heavy atom. The Morgan fingerprint density at radius 2 is 1.72 bits per heavy atom. The van der Waals surface area contributed by atoms with Gasteiger partial charge in [0.15, 0.2) is 5.96 Å². The van der Waals surface area contributed by atoms with Gasteiger partial charge in [0, 0.05) is 33.2 Å². The number of hydrogen-bond acceptors (Lipinski definition) is 4. The van der Waals surface area contributed by atoms with Crippen LogP contribution in [0.15, 0.2) is 4.99 Å². The molecule has 2 heterocycles. The first-order chi connectivity index (χ1) is 13.8. The van der Waals surface area contributed by atoms with Crippen LogP contribution >= 0.6 is 0 Å². The van der Waals surface area contributed by atoms with E-state index in [0.717, 1.165) is 57.3 Å². The van der Waals surface area contributed by atoms with Gasteiger partial charge in [0.2, 0.25) is 0 Å². The van der Waals surface area contributed by atoms with Crippen LogP contribution in [-0.4, -0.2) is 80.3 Å². The summed E-state index contributed by atoms with van der Waals surface area (Å²) in [4.78, 5) is 20.9. The van der Waals surface area contributed by atoms with Crippen LogP contribution < -0.4 is 10.6 Å². The molecule has 29 heavy (non-hydrogen) atoms. The van der Waals surface area contributed by atoms with Crippen molar-refractivity contribution in [3.63, 3.8) is 0 Å². The van der Waals surface area contributed by atoms with Crippen molar-refractivity contribution in [2.45, 2.75) is 65.4 Å². The van der Waals surface area contributed by atoms with Gasteiger partial charge < -0.3 is 25.2 Å². The van der Waals surface area contributed by atoms with Crippen LogP contribution in [0, 0.1) is 11.8 Å². The number of carbonyl (C=O) groups excluding carboxylic acids is 1. The zero-order valence-electron chi connectivity index (χ0n) is 19.3. The topological polar surface area (TPSA) is 69.2 Å². The van der Waals surface area contributed by atoms with Crippen LogP contribution in [-0.2, 0) is 4.74 Å². The van der Waals surface area contributed by atoms with Crippen LogP contribution in [0.2, 0.25) is 0 Å². The number of likely N-dealkylation sites (tertiary alicyclic amines) is 2. The number of rotatable bonds is 6. The lowest BCUT2D eigenvalue weighted by atomic mass is 9.97. The summed E-state index contributed by atoms with van der Waals surface area (Å²) in [5, 5.41) is 6.89. The van der Waals surface area contributed by atoms with Crippen molar-refractivity contribution in [1.82, 2.24) is 20.4 Å². The van der Waals surface area contributed by atoms with Crippen LogP contribution in [0.4, 0.5) is 4.79 Å². The lowest BCUT2D eigenvalue weighted by Gasteiger charge is -2.33. The molecule has 2 fully saturated rings. The van der Waals surface area contributed by atoms with Gasteiger partial charge in [-0.25, -0.2) is 4.79 Å². The van der Waals surface area contributed by atoms with Gasteiger partial charge in [0.25, 0.3) is 0 Å². The summed E-state index contributed by atoms with van der Waals surface area (Å²) in [6.45, 7) is 15.1. The zero-order valence-corrected chi connectivity index (χ0v) is 19.3. The van der Waals surface area contributed by atoms with E-state index in [4.69, 9.17) is 4.74 Å². The summed E-state index contributed by atoms with van der Waals surface area (Å²) in [7, 11) is 1.83. The molecule has 2 aliphatic heterocycles. The van der Waals surface area contributed by atoms with E-state index >= 15 is 0 Å². The first-order valence-electron chi connectivity index (χ1n) is 11.4. The normalized spacial score (nSPS) is 20.6. The van der Waals surface area contributed by atoms with Crippen molar-refractivity contribution in [3.8, 4) is 0 Å². The predicted octanol–water partition coefficient (Wildman–Crippen LogP) is 2.92. The van der Waals surface area contributed by atoms with Crippen molar-refractivity contribution < 1.29 is 9.53 Å². The predicted molar refractivity (Wildman–Crippen MR) is 119 cm³/mol. The quantitative estimate of drug-likeness (QED) is 0.401. The smallest absolute Gasteiger partial charge is 0.410 e. The van der Waals surface area contributed by atoms with E-state index in [-0.39, 0.29) is 6.09 Å². The largest absolute Gasteiger partial charge is 0.444 e. The maximum atomic E-state index is 12.2. The second kappa shape index (κ2) is 11.6. The third-order valence-corrected chi connectivity index (χ3v) is 5.87. The number of aliphatic imine (C=N–C) groups is 1. The second-order valence-corrected chi connectivity index (χ2v) is 9.67. The molecule has 0 aromatic carbocycles. The van der Waals surface area contributed by atoms with Crippen molar-refractivity contribution in [2.75, 3.05) is 52.9 Å². The molecule has 0 atom stereocenters. The summed E-state index contributed by atoms with van der Waals surface area (Å²) in [6.07, 6.45) is 5.62. The van der Waals surface area contributed by atoms with Gasteiger partial charge in [0.1, 0.15) is 5.60 Å². The molecule has 7 heteroatoms. The highest BCUT2D eigenvalue weighted by Crippen LogP contribution is 2.19. The maximum absolute atomic E-state index is 12.2. The highest BCUT2D eigenvalue weighted by Gasteiger charge is 2.26. The van der Waals surface area contributed by atoms with Crippen molar-refractivity contribution in [3.05, 3.63) is 0 Å². The number of guanidine groups is 1. The molecule has 0 unspecified atom stereocenters. The van der Waals surface area contributed by atoms with Gasteiger partial charge in [-0.3, -0.25) is 4.99 Å². The molecule has 1 amide bonds. The molecule has 0 aromatic rings. The van der Waals surface area contributed by atoms with Crippen molar-refractivity contribution in [2.24, 2.45) is 16.8 Å². The Hall–Kier alpha value is -1.50. The molecule has 2 saturated heterocycles. The van der Waals surface area contributed by atoms with E-state index in [1.807, 2.05) is 32.7 Å². The van der Waals surface area contributed by atoms with Gasteiger partial charge in [-0.1, -0.05) is 6.92 Å². The molecule has 168 valence electrons. The Labute approximate surface area is 177 Å². The third kappa shape index (κ3) is 9.24. The molecule has 0 radical (unpaired) electrons. The summed E-state index contributed by atoms with van der Waals surface area (Å²) < 4.78 is 5.47. The van der Waals surface area contributed by atoms with E-state index < -0.39 is 5.60 Å². The average molecular weight is 410 g/mol. The summed E-state index contributed by atoms with van der Waals surface area (Å²) in [5.41, 5.74) is -0.430. The van der Waals surface area contributed by atoms with Gasteiger partial charge in [-0.2, -0.15) is 0 Å². The van der Waals surface area contributed by atoms with Crippen molar-refractivity contribution >= 4 is 12.1 Å². The number of piperidine rings is 2. The molecular formula is C22H43N5O2. The van der Waals surface area contributed by atoms with E-state index in [1.54, 1.807) is 0 Å². The molecule has 0 spiro atoms. The van der Waals surface area contributed by atoms with Crippen LogP contribution in [0.1, 0.15) is 59.8 Å². The summed E-state index contributed by atoms with van der Waals surface area (Å²) >= 11 is 0. The molecule has 0 aliphatic carbocycles. The van der Waals surface area contributed by atoms with E-state index in [1.165, 1.54) is 32.5 Å². The van der Waals surface area contributed by atoms with Crippen LogP contribution in [0.3, 0.4) is 0 Å². The highest BCUT2D eigenvalue weighted by molar-refractivity contribution is 5.79. The molecule has 2 N–H and O–H groups in total. The van der Waals surface area contributed by atoms with Crippen molar-refractivity contribution in [1.29, 1.82) is 0 Å². The second-order valence-electron chi connectivity index (χ2n) is 9.67. The van der Waals surface area contributed by atoms with Crippen LogP contribution in [0.5, 0.6) is 0 Å². The molecule has 0 saturated carbocycles. The minimum Gasteiger partial charge on any atom is -0.444 e. The Bertz CT molecular complexity index is 516. The highest BCUT2D eigenvalue weighted by atomic mass is 16.6. The van der Waals surface area contributed by atoms with E-state index in [9.17, 15) is 4.79 Å². The SMILES string of the molecule is CN=C(NCCCN1CCC(C)CC1)NCC1CCN(C(=O)OC(C)(C)C)CC1. The third-order valence-electron chi connectivity index (χ3n) is 5.87. The fourth-order valence-electron chi connectivity index (χ4n) is 3.90. The monoisotopic (exact) mass is 409 g/mol. The number of hydrogen-bond donors (Lipinski definition) is 2. The van der Waals surface area contributed by atoms with Gasteiger partial charge in [0.05, 0.1) is 0 Å². The summed E-state index contributed by atoms with van der Waals surface area (Å²) in [5.74, 6) is 2.33. The number of ether oxygens (including phenoxy) is 1. The lowest BCUT2D eigenvalue weighted by Crippen LogP contribution is -2.45. The summed E-state index contributed by atoms with van der Waals surface area (Å²) in [6, 6.07) is 0. The number of nitrogens with zero attached hydrogens (tertiary/aromatic N) is 3. The molecule has 2 aliphatic rings. The van der Waals surface area contributed by atoms with E-state index in [0.29, 0.717) is 5.92 Å². The average Bonchev–Trinajstić information content (AvgIpc) is 2.68. The minimum absolute atomic E-state index is 0.190. The van der Waals surface area contributed by atoms with Gasteiger partial charge in [-0.15, -0.1) is 0 Å². The molecule has 0 bridgehead atoms. The van der Waals surface area contributed by atoms with E-state index in [2.05, 4.69) is 27.4 Å². The first-order valence-corrected chi connectivity index (χ1v) is 11.4. The fraction of sp³-hybridized carbons (Fsp3) is 0.909. The standard InChI is InChI=1S/C22H43N5O2/c1-18-7-13-26(14-8-18)12-6-11-24-20(23-5)25-17-19-9-15-27(16-10-19)21(28)29-22(2,3)4/h18-19H,6-17H2,1-5H3,(H2,23,24,25). The molecular weight excluding hydrogens is 366 g/mol. The number of amides is 1. The zero-order chi connectivity index (χ0) is 21.3. The van der Waals surface area contributed by atoms with Gasteiger partial charge in [-0.05, 0) is 84.3 Å². The molecule has 0 aromatic heterocycles. The van der Waals surface area contributed by atoms with Crippen LogP contribution in [0.25, 0.3) is 0 Å². The fourth-order valence-corrected chi connectivity index (χ4v) is 3.90. The Kier molecular flexibility index (Phi) is 9.53. The number of carbonyl (C=O) groups is 1. The minimum atomic E-state index is -0.430. The molecule has 7 nitrogen and oxygen atoms in total. The lowest BCUT2D eigenvalue weighted by molar-refractivity contribution is 0.0185. The molecule has 2 rings (SSSR count). The first kappa shape index (κ1) is 23.8. The Balaban J connectivity index is 1.57. The Morgan fingerprint density at radius 3 is 2.31 bits per heavy atom. The number of nitrogens with one attached hydrogen (secondary N) is 2. The maximum Gasteiger partial charge on any atom is 0.410 e. The van der Waals surface area contributed by atoms with Gasteiger partial charge >= 0.3 is 6.09 Å².